The Balaban J connectivity index is 1.96. The molecule has 1 saturated heterocycles. The number of hydrogen-bond donors (Lipinski definition) is 2. The van der Waals surface area contributed by atoms with Gasteiger partial charge >= 0.3 is 0 Å². The minimum atomic E-state index is -3.52. The zero-order chi connectivity index (χ0) is 19.6. The largest absolute Gasteiger partial charge is 0.328 e. The number of aromatic amines is 1. The number of aryl methyl sites for hydroxylation is 1. The molecule has 0 bridgehead atoms. The lowest BCUT2D eigenvalue weighted by molar-refractivity contribution is 0.0730. The first kappa shape index (κ1) is 19.1. The van der Waals surface area contributed by atoms with Crippen LogP contribution in [-0.4, -0.2) is 42.0 Å². The first-order valence-electron chi connectivity index (χ1n) is 8.76. The summed E-state index contributed by atoms with van der Waals surface area (Å²) in [5, 5.41) is 0. The highest BCUT2D eigenvalue weighted by molar-refractivity contribution is 7.92. The fraction of sp³-hybridized carbons (Fsp3) is 0.389. The maximum atomic E-state index is 13.1. The number of hydrogen-bond acceptors (Lipinski definition) is 5. The number of sulfonamides is 1. The van der Waals surface area contributed by atoms with Crippen LogP contribution in [0.25, 0.3) is 0 Å². The number of anilines is 1. The summed E-state index contributed by atoms with van der Waals surface area (Å²) in [7, 11) is -3.52. The highest BCUT2D eigenvalue weighted by Gasteiger charge is 2.33. The second-order valence-electron chi connectivity index (χ2n) is 6.55. The van der Waals surface area contributed by atoms with Crippen molar-refractivity contribution in [2.45, 2.75) is 32.2 Å². The summed E-state index contributed by atoms with van der Waals surface area (Å²) in [4.78, 5) is 33.9. The molecule has 2 N–H and O–H groups in total. The van der Waals surface area contributed by atoms with E-state index in [0.29, 0.717) is 30.9 Å². The SMILES string of the molecule is CCc1cc(=O)[nH]c([C@H]2CCCN2C(=O)c2ccccc2NS(C)(=O)=O)n1. The van der Waals surface area contributed by atoms with E-state index in [4.69, 9.17) is 0 Å². The molecular weight excluding hydrogens is 368 g/mol. The van der Waals surface area contributed by atoms with Crippen LogP contribution < -0.4 is 10.3 Å². The lowest BCUT2D eigenvalue weighted by Gasteiger charge is -2.25. The van der Waals surface area contributed by atoms with Gasteiger partial charge in [-0.25, -0.2) is 13.4 Å². The van der Waals surface area contributed by atoms with E-state index in [0.717, 1.165) is 12.7 Å². The maximum Gasteiger partial charge on any atom is 0.256 e. The van der Waals surface area contributed by atoms with Crippen LogP contribution in [0.5, 0.6) is 0 Å². The van der Waals surface area contributed by atoms with Gasteiger partial charge in [-0.3, -0.25) is 14.3 Å². The summed E-state index contributed by atoms with van der Waals surface area (Å²) in [5.41, 5.74) is 0.936. The van der Waals surface area contributed by atoms with Gasteiger partial charge in [-0.05, 0) is 31.4 Å². The Morgan fingerprint density at radius 1 is 1.37 bits per heavy atom. The molecule has 0 saturated carbocycles. The van der Waals surface area contributed by atoms with Gasteiger partial charge in [0.25, 0.3) is 11.5 Å². The van der Waals surface area contributed by atoms with Crippen LogP contribution in [0.15, 0.2) is 35.1 Å². The van der Waals surface area contributed by atoms with Gasteiger partial charge < -0.3 is 9.88 Å². The third-order valence-electron chi connectivity index (χ3n) is 4.46. The van der Waals surface area contributed by atoms with Gasteiger partial charge in [0.05, 0.1) is 23.5 Å². The van der Waals surface area contributed by atoms with Crippen LogP contribution in [0.3, 0.4) is 0 Å². The van der Waals surface area contributed by atoms with E-state index in [-0.39, 0.29) is 28.8 Å². The molecule has 9 heteroatoms. The number of nitrogens with zero attached hydrogens (tertiary/aromatic N) is 2. The molecule has 0 radical (unpaired) electrons. The number of para-hydroxylation sites is 1. The van der Waals surface area contributed by atoms with E-state index in [1.54, 1.807) is 29.2 Å². The van der Waals surface area contributed by atoms with Gasteiger partial charge in [0.2, 0.25) is 10.0 Å². The Morgan fingerprint density at radius 2 is 2.11 bits per heavy atom. The quantitative estimate of drug-likeness (QED) is 0.807. The Bertz CT molecular complexity index is 1020. The molecule has 0 unspecified atom stereocenters. The maximum absolute atomic E-state index is 13.1. The number of nitrogens with one attached hydrogen (secondary N) is 2. The van der Waals surface area contributed by atoms with Crippen molar-refractivity contribution in [3.63, 3.8) is 0 Å². The Labute approximate surface area is 157 Å². The van der Waals surface area contributed by atoms with Crippen LogP contribution in [-0.2, 0) is 16.4 Å². The van der Waals surface area contributed by atoms with Crippen molar-refractivity contribution < 1.29 is 13.2 Å². The highest BCUT2D eigenvalue weighted by atomic mass is 32.2. The Kier molecular flexibility index (Phi) is 5.31. The second kappa shape index (κ2) is 7.51. The van der Waals surface area contributed by atoms with Gasteiger partial charge in [0, 0.05) is 18.3 Å². The monoisotopic (exact) mass is 390 g/mol. The molecule has 2 aromatic rings. The van der Waals surface area contributed by atoms with Crippen molar-refractivity contribution in [2.75, 3.05) is 17.5 Å². The summed E-state index contributed by atoms with van der Waals surface area (Å²) >= 11 is 0. The van der Waals surface area contributed by atoms with Crippen molar-refractivity contribution >= 4 is 21.6 Å². The third-order valence-corrected chi connectivity index (χ3v) is 5.05. The molecule has 1 aromatic carbocycles. The van der Waals surface area contributed by atoms with Crippen LogP contribution in [0, 0.1) is 0 Å². The molecule has 1 atom stereocenters. The number of aromatic nitrogens is 2. The predicted molar refractivity (Wildman–Crippen MR) is 102 cm³/mol. The molecule has 1 aromatic heterocycles. The predicted octanol–water partition coefficient (Wildman–Crippen LogP) is 1.68. The summed E-state index contributed by atoms with van der Waals surface area (Å²) < 4.78 is 25.6. The van der Waals surface area contributed by atoms with E-state index < -0.39 is 10.0 Å². The summed E-state index contributed by atoms with van der Waals surface area (Å²) in [6, 6.07) is 7.60. The standard InChI is InChI=1S/C18H22N4O4S/c1-3-12-11-16(23)20-17(19-12)15-9-6-10-22(15)18(24)13-7-4-5-8-14(13)21-27(2,25)26/h4-5,7-8,11,15,21H,3,6,9-10H2,1-2H3,(H,19,20,23)/t15-/m1/s1. The minimum absolute atomic E-state index is 0.236. The van der Waals surface area contributed by atoms with Crippen molar-refractivity contribution in [3.8, 4) is 0 Å². The normalized spacial score (nSPS) is 17.1. The van der Waals surface area contributed by atoms with E-state index in [1.807, 2.05) is 6.92 Å². The first-order valence-corrected chi connectivity index (χ1v) is 10.7. The summed E-state index contributed by atoms with van der Waals surface area (Å²) in [6.07, 6.45) is 3.12. The molecular formula is C18H22N4O4S. The van der Waals surface area contributed by atoms with Gasteiger partial charge in [-0.1, -0.05) is 19.1 Å². The average Bonchev–Trinajstić information content (AvgIpc) is 3.09. The molecule has 144 valence electrons. The van der Waals surface area contributed by atoms with E-state index in [2.05, 4.69) is 14.7 Å². The molecule has 1 fully saturated rings. The van der Waals surface area contributed by atoms with E-state index in [1.165, 1.54) is 6.07 Å². The fourth-order valence-corrected chi connectivity index (χ4v) is 3.85. The van der Waals surface area contributed by atoms with Crippen LogP contribution in [0.2, 0.25) is 0 Å². The number of benzene rings is 1. The van der Waals surface area contributed by atoms with Crippen LogP contribution in [0.1, 0.15) is 47.7 Å². The lowest BCUT2D eigenvalue weighted by Crippen LogP contribution is -2.33. The molecule has 0 spiro atoms. The first-order chi connectivity index (χ1) is 12.8. The lowest BCUT2D eigenvalue weighted by atomic mass is 10.1. The molecule has 0 aliphatic carbocycles. The number of amides is 1. The van der Waals surface area contributed by atoms with Crippen molar-refractivity contribution in [3.05, 3.63) is 57.8 Å². The van der Waals surface area contributed by atoms with Gasteiger partial charge in [0.15, 0.2) is 0 Å². The number of carbonyl (C=O) groups excluding carboxylic acids is 1. The number of rotatable bonds is 5. The fourth-order valence-electron chi connectivity index (χ4n) is 3.27. The summed E-state index contributed by atoms with van der Waals surface area (Å²) in [6.45, 7) is 2.42. The van der Waals surface area contributed by atoms with Crippen LogP contribution >= 0.6 is 0 Å². The highest BCUT2D eigenvalue weighted by Crippen LogP contribution is 2.32. The molecule has 8 nitrogen and oxygen atoms in total. The minimum Gasteiger partial charge on any atom is -0.328 e. The molecule has 1 aliphatic heterocycles. The van der Waals surface area contributed by atoms with Gasteiger partial charge in [-0.2, -0.15) is 0 Å². The third kappa shape index (κ3) is 4.36. The smallest absolute Gasteiger partial charge is 0.256 e. The number of likely N-dealkylation sites (tertiary alicyclic amines) is 1. The summed E-state index contributed by atoms with van der Waals surface area (Å²) in [5.74, 6) is 0.174. The van der Waals surface area contributed by atoms with Crippen molar-refractivity contribution in [1.82, 2.24) is 14.9 Å². The Morgan fingerprint density at radius 3 is 2.81 bits per heavy atom. The average molecular weight is 390 g/mol. The second-order valence-corrected chi connectivity index (χ2v) is 8.30. The number of H-pyrrole nitrogens is 1. The van der Waals surface area contributed by atoms with E-state index in [9.17, 15) is 18.0 Å². The van der Waals surface area contributed by atoms with Crippen molar-refractivity contribution in [1.29, 1.82) is 0 Å². The zero-order valence-electron chi connectivity index (χ0n) is 15.2. The zero-order valence-corrected chi connectivity index (χ0v) is 16.0. The molecule has 3 rings (SSSR count). The van der Waals surface area contributed by atoms with Crippen molar-refractivity contribution in [2.24, 2.45) is 0 Å². The molecule has 2 heterocycles. The van der Waals surface area contributed by atoms with Gasteiger partial charge in [-0.15, -0.1) is 0 Å². The Hall–Kier alpha value is -2.68. The van der Waals surface area contributed by atoms with Gasteiger partial charge in [0.1, 0.15) is 5.82 Å². The topological polar surface area (TPSA) is 112 Å². The number of carbonyl (C=O) groups is 1. The van der Waals surface area contributed by atoms with E-state index >= 15 is 0 Å². The molecule has 1 amide bonds. The van der Waals surface area contributed by atoms with Crippen LogP contribution in [0.4, 0.5) is 5.69 Å². The molecule has 1 aliphatic rings. The molecule has 27 heavy (non-hydrogen) atoms.